The molecule has 0 aromatic carbocycles. The maximum atomic E-state index is 11.7. The largest absolute Gasteiger partial charge is 0.463 e. The highest BCUT2D eigenvalue weighted by Crippen LogP contribution is 2.26. The topological polar surface area (TPSA) is 43.6 Å². The number of carbonyl (C=O) groups is 1. The molecule has 0 saturated carbocycles. The molecule has 2 heterocycles. The Balaban J connectivity index is 2.10. The average Bonchev–Trinajstić information content (AvgIpc) is 2.75. The van der Waals surface area contributed by atoms with Gasteiger partial charge in [0.2, 0.25) is 0 Å². The third kappa shape index (κ3) is 1.53. The molecule has 0 fully saturated rings. The molecule has 0 amide bonds. The zero-order valence-electron chi connectivity index (χ0n) is 9.51. The summed E-state index contributed by atoms with van der Waals surface area (Å²) in [4.78, 5) is 16.0. The van der Waals surface area contributed by atoms with E-state index in [1.165, 1.54) is 0 Å². The second-order valence-corrected chi connectivity index (χ2v) is 3.98. The van der Waals surface area contributed by atoms with Gasteiger partial charge in [0.05, 0.1) is 17.8 Å². The quantitative estimate of drug-likeness (QED) is 0.736. The number of nitrogens with zero attached hydrogens (tertiary/aromatic N) is 2. The summed E-state index contributed by atoms with van der Waals surface area (Å²) < 4.78 is 7.05. The van der Waals surface area contributed by atoms with Gasteiger partial charge >= 0.3 is 5.97 Å². The Morgan fingerprint density at radius 1 is 1.53 bits per heavy atom. The Bertz CT molecular complexity index is 625. The summed E-state index contributed by atoms with van der Waals surface area (Å²) >= 11 is 0. The van der Waals surface area contributed by atoms with Gasteiger partial charge in [-0.05, 0) is 24.6 Å². The van der Waals surface area contributed by atoms with Gasteiger partial charge in [0.25, 0.3) is 0 Å². The molecule has 2 aromatic rings. The molecular weight excluding hydrogens is 216 g/mol. The summed E-state index contributed by atoms with van der Waals surface area (Å²) in [6.07, 6.45) is 8.06. The summed E-state index contributed by atoms with van der Waals surface area (Å²) in [6, 6.07) is 2.02. The van der Waals surface area contributed by atoms with Crippen LogP contribution in [0.3, 0.4) is 0 Å². The number of carbonyl (C=O) groups excluding carboxylic acids is 1. The Kier molecular flexibility index (Phi) is 2.21. The van der Waals surface area contributed by atoms with Crippen molar-refractivity contribution in [1.29, 1.82) is 0 Å². The minimum atomic E-state index is -0.247. The van der Waals surface area contributed by atoms with Crippen molar-refractivity contribution in [3.05, 3.63) is 41.5 Å². The van der Waals surface area contributed by atoms with E-state index in [1.54, 1.807) is 6.20 Å². The lowest BCUT2D eigenvalue weighted by molar-refractivity contribution is -0.138. The monoisotopic (exact) mass is 228 g/mol. The standard InChI is InChI=1S/C13H12N2O2/c1-2-17-13(16)10-7-9-3-5-15-6-4-14-11(8-10)12(9)15/h3-6,8H,2,7H2,1H3. The Hall–Kier alpha value is -2.10. The SMILES string of the molecule is CCOC(=O)C1=Cc2nccn3ccc(c23)C1. The molecule has 0 unspecified atom stereocenters. The van der Waals surface area contributed by atoms with Crippen molar-refractivity contribution in [2.45, 2.75) is 13.3 Å². The normalized spacial score (nSPS) is 13.6. The molecule has 0 bridgehead atoms. The van der Waals surface area contributed by atoms with Crippen LogP contribution < -0.4 is 0 Å². The van der Waals surface area contributed by atoms with Crippen molar-refractivity contribution in [3.63, 3.8) is 0 Å². The van der Waals surface area contributed by atoms with Gasteiger partial charge in [0, 0.05) is 30.6 Å². The van der Waals surface area contributed by atoms with Gasteiger partial charge in [0.1, 0.15) is 0 Å². The van der Waals surface area contributed by atoms with E-state index in [0.717, 1.165) is 16.8 Å². The van der Waals surface area contributed by atoms with Crippen LogP contribution in [0, 0.1) is 0 Å². The maximum absolute atomic E-state index is 11.7. The lowest BCUT2D eigenvalue weighted by atomic mass is 9.99. The van der Waals surface area contributed by atoms with Crippen molar-refractivity contribution in [2.75, 3.05) is 6.61 Å². The minimum absolute atomic E-state index is 0.247. The van der Waals surface area contributed by atoms with Crippen LogP contribution in [0.1, 0.15) is 18.2 Å². The van der Waals surface area contributed by atoms with E-state index in [4.69, 9.17) is 4.74 Å². The zero-order valence-corrected chi connectivity index (χ0v) is 9.51. The van der Waals surface area contributed by atoms with E-state index in [1.807, 2.05) is 35.9 Å². The Morgan fingerprint density at radius 3 is 3.24 bits per heavy atom. The van der Waals surface area contributed by atoms with Crippen molar-refractivity contribution in [2.24, 2.45) is 0 Å². The van der Waals surface area contributed by atoms with Crippen LogP contribution in [0.5, 0.6) is 0 Å². The molecule has 0 aliphatic heterocycles. The molecule has 3 rings (SSSR count). The van der Waals surface area contributed by atoms with E-state index < -0.39 is 0 Å². The maximum Gasteiger partial charge on any atom is 0.334 e. The highest BCUT2D eigenvalue weighted by atomic mass is 16.5. The summed E-state index contributed by atoms with van der Waals surface area (Å²) in [5, 5.41) is 0. The van der Waals surface area contributed by atoms with E-state index in [0.29, 0.717) is 18.6 Å². The van der Waals surface area contributed by atoms with Crippen molar-refractivity contribution in [3.8, 4) is 0 Å². The molecule has 0 radical (unpaired) electrons. The first-order valence-corrected chi connectivity index (χ1v) is 5.62. The molecule has 0 atom stereocenters. The third-order valence-electron chi connectivity index (χ3n) is 2.91. The first kappa shape index (κ1) is 10.1. The van der Waals surface area contributed by atoms with E-state index >= 15 is 0 Å². The van der Waals surface area contributed by atoms with E-state index in [-0.39, 0.29) is 5.97 Å². The molecule has 0 spiro atoms. The number of rotatable bonds is 2. The summed E-state index contributed by atoms with van der Waals surface area (Å²) in [5.41, 5.74) is 3.71. The predicted molar refractivity (Wildman–Crippen MR) is 63.5 cm³/mol. The van der Waals surface area contributed by atoms with E-state index in [9.17, 15) is 4.79 Å². The first-order chi connectivity index (χ1) is 8.29. The van der Waals surface area contributed by atoms with E-state index in [2.05, 4.69) is 4.98 Å². The third-order valence-corrected chi connectivity index (χ3v) is 2.91. The predicted octanol–water partition coefficient (Wildman–Crippen LogP) is 1.84. The number of ether oxygens (including phenoxy) is 1. The lowest BCUT2D eigenvalue weighted by Crippen LogP contribution is -2.12. The van der Waals surface area contributed by atoms with Crippen molar-refractivity contribution < 1.29 is 9.53 Å². The molecule has 4 heteroatoms. The van der Waals surface area contributed by atoms with Crippen LogP contribution in [0.25, 0.3) is 11.6 Å². The molecule has 86 valence electrons. The molecule has 0 saturated heterocycles. The van der Waals surface area contributed by atoms with Crippen LogP contribution in [0.2, 0.25) is 0 Å². The molecule has 2 aromatic heterocycles. The summed E-state index contributed by atoms with van der Waals surface area (Å²) in [6.45, 7) is 2.21. The fraction of sp³-hybridized carbons (Fsp3) is 0.231. The van der Waals surface area contributed by atoms with Gasteiger partial charge in [-0.2, -0.15) is 0 Å². The zero-order chi connectivity index (χ0) is 11.8. The van der Waals surface area contributed by atoms with Gasteiger partial charge < -0.3 is 9.14 Å². The Labute approximate surface area is 98.5 Å². The molecule has 0 N–H and O–H groups in total. The van der Waals surface area contributed by atoms with Crippen LogP contribution in [-0.2, 0) is 16.0 Å². The molecular formula is C13H12N2O2. The number of esters is 1. The molecule has 4 nitrogen and oxygen atoms in total. The second kappa shape index (κ2) is 3.73. The number of aromatic nitrogens is 2. The van der Waals surface area contributed by atoms with Crippen LogP contribution in [-0.4, -0.2) is 22.0 Å². The average molecular weight is 228 g/mol. The summed E-state index contributed by atoms with van der Waals surface area (Å²) in [5.74, 6) is -0.247. The van der Waals surface area contributed by atoms with Gasteiger partial charge in [-0.3, -0.25) is 4.98 Å². The smallest absolute Gasteiger partial charge is 0.334 e. The van der Waals surface area contributed by atoms with Gasteiger partial charge in [-0.15, -0.1) is 0 Å². The van der Waals surface area contributed by atoms with Gasteiger partial charge in [-0.25, -0.2) is 4.79 Å². The van der Waals surface area contributed by atoms with Crippen molar-refractivity contribution in [1.82, 2.24) is 9.38 Å². The van der Waals surface area contributed by atoms with Crippen LogP contribution in [0.4, 0.5) is 0 Å². The summed E-state index contributed by atoms with van der Waals surface area (Å²) in [7, 11) is 0. The highest BCUT2D eigenvalue weighted by molar-refractivity contribution is 5.97. The fourth-order valence-corrected chi connectivity index (χ4v) is 2.18. The number of hydrogen-bond donors (Lipinski definition) is 0. The van der Waals surface area contributed by atoms with Gasteiger partial charge in [-0.1, -0.05) is 0 Å². The number of hydrogen-bond acceptors (Lipinski definition) is 3. The second-order valence-electron chi connectivity index (χ2n) is 3.98. The molecule has 17 heavy (non-hydrogen) atoms. The highest BCUT2D eigenvalue weighted by Gasteiger charge is 2.20. The van der Waals surface area contributed by atoms with Crippen LogP contribution in [0.15, 0.2) is 30.2 Å². The fourth-order valence-electron chi connectivity index (χ4n) is 2.18. The van der Waals surface area contributed by atoms with Crippen molar-refractivity contribution >= 4 is 17.6 Å². The first-order valence-electron chi connectivity index (χ1n) is 5.62. The molecule has 1 aliphatic rings. The minimum Gasteiger partial charge on any atom is -0.463 e. The van der Waals surface area contributed by atoms with Crippen LogP contribution >= 0.6 is 0 Å². The molecule has 1 aliphatic carbocycles. The van der Waals surface area contributed by atoms with Gasteiger partial charge in [0.15, 0.2) is 0 Å². The Morgan fingerprint density at radius 2 is 2.41 bits per heavy atom. The lowest BCUT2D eigenvalue weighted by Gasteiger charge is -2.12.